The Kier molecular flexibility index (Phi) is 57.2. The van der Waals surface area contributed by atoms with Crippen molar-refractivity contribution >= 4 is 17.8 Å². The highest BCUT2D eigenvalue weighted by Crippen LogP contribution is 2.25. The van der Waals surface area contributed by atoms with Crippen molar-refractivity contribution in [2.45, 2.75) is 368 Å². The largest absolute Gasteiger partial charge is 0.465 e. The molecule has 0 rings (SSSR count). The number of unbranched alkanes of at least 4 members (excludes halogenated alkanes) is 36. The maximum atomic E-state index is 14.0. The number of carbonyl (C=O) groups excluding carboxylic acids is 3. The van der Waals surface area contributed by atoms with Gasteiger partial charge >= 0.3 is 11.9 Å². The Hall–Kier alpha value is -1.63. The van der Waals surface area contributed by atoms with E-state index in [0.29, 0.717) is 31.6 Å². The molecule has 7 nitrogen and oxygen atoms in total. The highest BCUT2D eigenvalue weighted by Gasteiger charge is 2.24. The fraction of sp³-hybridized carbons (Fsp3) is 0.956. The summed E-state index contributed by atoms with van der Waals surface area (Å²) < 4.78 is 11.8. The summed E-state index contributed by atoms with van der Waals surface area (Å²) in [6.45, 7) is 14.4. The summed E-state index contributed by atoms with van der Waals surface area (Å²) in [6, 6.07) is 0.352. The summed E-state index contributed by atoms with van der Waals surface area (Å²) in [4.78, 5) is 44.9. The highest BCUT2D eigenvalue weighted by atomic mass is 16.5. The van der Waals surface area contributed by atoms with Crippen LogP contribution >= 0.6 is 0 Å². The van der Waals surface area contributed by atoms with Gasteiger partial charge in [-0.2, -0.15) is 0 Å². The van der Waals surface area contributed by atoms with E-state index in [1.54, 1.807) is 0 Å². The first-order chi connectivity index (χ1) is 36.7. The molecule has 0 bridgehead atoms. The Morgan fingerprint density at radius 1 is 0.307 bits per heavy atom. The van der Waals surface area contributed by atoms with Crippen molar-refractivity contribution < 1.29 is 23.9 Å². The molecule has 0 aromatic heterocycles. The molecule has 0 saturated carbocycles. The molecule has 0 fully saturated rings. The Morgan fingerprint density at radius 3 is 0.893 bits per heavy atom. The first-order valence-corrected chi connectivity index (χ1v) is 34.0. The summed E-state index contributed by atoms with van der Waals surface area (Å²) in [5.41, 5.74) is 0. The molecule has 0 aliphatic heterocycles. The summed E-state index contributed by atoms with van der Waals surface area (Å²) in [5.74, 6) is 0.735. The number of ether oxygens (including phenoxy) is 2. The number of rotatable bonds is 61. The first-order valence-electron chi connectivity index (χ1n) is 34.0. The number of esters is 2. The quantitative estimate of drug-likeness (QED) is 0.0446. The molecule has 0 spiro atoms. The van der Waals surface area contributed by atoms with Gasteiger partial charge in [-0.05, 0) is 84.8 Å². The molecule has 3 atom stereocenters. The molecule has 0 aliphatic carbocycles. The van der Waals surface area contributed by atoms with E-state index in [4.69, 9.17) is 9.47 Å². The van der Waals surface area contributed by atoms with Crippen molar-refractivity contribution in [3.05, 3.63) is 0 Å². The van der Waals surface area contributed by atoms with E-state index in [-0.39, 0.29) is 23.8 Å². The van der Waals surface area contributed by atoms with Crippen molar-refractivity contribution in [2.24, 2.45) is 11.8 Å². The van der Waals surface area contributed by atoms with E-state index in [1.807, 2.05) is 0 Å². The standard InChI is InChI=1S/C68H134N2O5/c1-8-13-18-23-29-36-45-55-63(52-42-22-17-12-5)67(72)74-62-50-41-33-28-31-38-47-57-65(70(60-51-59-69(6)7)66(71)58-48-39-25-20-15-10-3)56-46-37-30-26-27-32-40-49-61-75-68(73)64(53-43-34-21-16-11-4)54-44-35-24-19-14-9-2/h63-65H,8-62H2,1-7H3. The number of nitrogens with zero attached hydrogens (tertiary/aromatic N) is 2. The zero-order chi connectivity index (χ0) is 54.9. The molecule has 1 amide bonds. The molecular formula is C68H134N2O5. The highest BCUT2D eigenvalue weighted by molar-refractivity contribution is 5.76. The van der Waals surface area contributed by atoms with Crippen LogP contribution in [0.5, 0.6) is 0 Å². The van der Waals surface area contributed by atoms with Crippen LogP contribution in [-0.2, 0) is 23.9 Å². The molecule has 0 N–H and O–H groups in total. The average Bonchev–Trinajstić information content (AvgIpc) is 3.40. The number of amides is 1. The third kappa shape index (κ3) is 49.2. The van der Waals surface area contributed by atoms with Crippen molar-refractivity contribution in [1.29, 1.82) is 0 Å². The molecule has 0 heterocycles. The minimum Gasteiger partial charge on any atom is -0.465 e. The molecule has 0 aliphatic rings. The van der Waals surface area contributed by atoms with Gasteiger partial charge in [0.1, 0.15) is 0 Å². The second-order valence-electron chi connectivity index (χ2n) is 24.0. The zero-order valence-corrected chi connectivity index (χ0v) is 52.1. The van der Waals surface area contributed by atoms with E-state index >= 15 is 0 Å². The van der Waals surface area contributed by atoms with E-state index < -0.39 is 0 Å². The van der Waals surface area contributed by atoms with Crippen LogP contribution in [0.4, 0.5) is 0 Å². The number of hydrogen-bond acceptors (Lipinski definition) is 6. The van der Waals surface area contributed by atoms with Gasteiger partial charge in [-0.25, -0.2) is 0 Å². The number of carbonyl (C=O) groups is 3. The topological polar surface area (TPSA) is 76.2 Å². The van der Waals surface area contributed by atoms with Crippen LogP contribution in [0.1, 0.15) is 362 Å². The average molecular weight is 1060 g/mol. The summed E-state index contributed by atoms with van der Waals surface area (Å²) >= 11 is 0. The van der Waals surface area contributed by atoms with Crippen molar-refractivity contribution in [2.75, 3.05) is 40.4 Å². The second kappa shape index (κ2) is 58.5. The fourth-order valence-corrected chi connectivity index (χ4v) is 11.3. The van der Waals surface area contributed by atoms with Crippen LogP contribution in [0, 0.1) is 11.8 Å². The van der Waals surface area contributed by atoms with Gasteiger partial charge < -0.3 is 19.3 Å². The minimum absolute atomic E-state index is 0.0705. The molecule has 0 aromatic rings. The smallest absolute Gasteiger partial charge is 0.308 e. The Morgan fingerprint density at radius 2 is 0.573 bits per heavy atom. The van der Waals surface area contributed by atoms with Crippen LogP contribution in [-0.4, -0.2) is 74.1 Å². The van der Waals surface area contributed by atoms with Crippen LogP contribution < -0.4 is 0 Å². The van der Waals surface area contributed by atoms with Gasteiger partial charge in [0.2, 0.25) is 5.91 Å². The lowest BCUT2D eigenvalue weighted by Gasteiger charge is -2.33. The lowest BCUT2D eigenvalue weighted by atomic mass is 9.94. The fourth-order valence-electron chi connectivity index (χ4n) is 11.3. The van der Waals surface area contributed by atoms with E-state index in [0.717, 1.165) is 116 Å². The molecular weight excluding hydrogens is 925 g/mol. The molecule has 446 valence electrons. The minimum atomic E-state index is 0.0705. The maximum absolute atomic E-state index is 14.0. The molecule has 0 aromatic carbocycles. The van der Waals surface area contributed by atoms with Crippen LogP contribution in [0.2, 0.25) is 0 Å². The summed E-state index contributed by atoms with van der Waals surface area (Å²) in [5, 5.41) is 0. The SMILES string of the molecule is CCCCCCCCCC(CCCCCC)C(=O)OCCCCCCCCCC(CCCCCCCCCCOC(=O)C(CCCCCCC)CCCCCCCC)N(CCCN(C)C)C(=O)CCCCCCCC. The van der Waals surface area contributed by atoms with Gasteiger partial charge in [-0.3, -0.25) is 14.4 Å². The van der Waals surface area contributed by atoms with Crippen molar-refractivity contribution in [1.82, 2.24) is 9.80 Å². The molecule has 3 unspecified atom stereocenters. The monoisotopic (exact) mass is 1060 g/mol. The Balaban J connectivity index is 4.97. The predicted molar refractivity (Wildman–Crippen MR) is 327 cm³/mol. The van der Waals surface area contributed by atoms with Crippen LogP contribution in [0.15, 0.2) is 0 Å². The van der Waals surface area contributed by atoms with Gasteiger partial charge in [-0.1, -0.05) is 291 Å². The molecule has 7 heteroatoms. The molecule has 0 saturated heterocycles. The van der Waals surface area contributed by atoms with Gasteiger partial charge in [0.05, 0.1) is 25.0 Å². The lowest BCUT2D eigenvalue weighted by Crippen LogP contribution is -2.41. The lowest BCUT2D eigenvalue weighted by molar-refractivity contribution is -0.150. The van der Waals surface area contributed by atoms with E-state index in [2.05, 4.69) is 58.5 Å². The van der Waals surface area contributed by atoms with Crippen molar-refractivity contribution in [3.8, 4) is 0 Å². The predicted octanol–water partition coefficient (Wildman–Crippen LogP) is 21.1. The van der Waals surface area contributed by atoms with Gasteiger partial charge in [0.25, 0.3) is 0 Å². The van der Waals surface area contributed by atoms with Gasteiger partial charge in [0.15, 0.2) is 0 Å². The first kappa shape index (κ1) is 73.4. The van der Waals surface area contributed by atoms with Gasteiger partial charge in [0, 0.05) is 19.0 Å². The normalized spacial score (nSPS) is 12.9. The second-order valence-corrected chi connectivity index (χ2v) is 24.0. The molecule has 75 heavy (non-hydrogen) atoms. The zero-order valence-electron chi connectivity index (χ0n) is 52.1. The van der Waals surface area contributed by atoms with Crippen LogP contribution in [0.3, 0.4) is 0 Å². The molecule has 0 radical (unpaired) electrons. The number of hydrogen-bond donors (Lipinski definition) is 0. The van der Waals surface area contributed by atoms with E-state index in [9.17, 15) is 14.4 Å². The van der Waals surface area contributed by atoms with Crippen LogP contribution in [0.25, 0.3) is 0 Å². The third-order valence-corrected chi connectivity index (χ3v) is 16.4. The summed E-state index contributed by atoms with van der Waals surface area (Å²) in [6.07, 6.45) is 61.0. The van der Waals surface area contributed by atoms with Crippen molar-refractivity contribution in [3.63, 3.8) is 0 Å². The van der Waals surface area contributed by atoms with Gasteiger partial charge in [-0.15, -0.1) is 0 Å². The summed E-state index contributed by atoms with van der Waals surface area (Å²) in [7, 11) is 4.30. The maximum Gasteiger partial charge on any atom is 0.308 e. The Bertz CT molecular complexity index is 1190. The Labute approximate surface area is 469 Å². The third-order valence-electron chi connectivity index (χ3n) is 16.4. The van der Waals surface area contributed by atoms with E-state index in [1.165, 1.54) is 218 Å².